The van der Waals surface area contributed by atoms with Crippen LogP contribution in [0.25, 0.3) is 0 Å². The molecular weight excluding hydrogens is 288 g/mol. The summed E-state index contributed by atoms with van der Waals surface area (Å²) in [5.74, 6) is 0.650. The van der Waals surface area contributed by atoms with Gasteiger partial charge in [-0.2, -0.15) is 0 Å². The molecule has 0 aliphatic carbocycles. The van der Waals surface area contributed by atoms with Gasteiger partial charge in [0.2, 0.25) is 0 Å². The van der Waals surface area contributed by atoms with Crippen molar-refractivity contribution in [3.8, 4) is 0 Å². The van der Waals surface area contributed by atoms with E-state index in [1.807, 2.05) is 19.1 Å². The average molecular weight is 310 g/mol. The molecule has 2 aromatic heterocycles. The van der Waals surface area contributed by atoms with Crippen LogP contribution in [0, 0.1) is 12.8 Å². The van der Waals surface area contributed by atoms with E-state index in [1.165, 1.54) is 6.42 Å². The smallest absolute Gasteiger partial charge is 0.115 e. The zero-order valence-electron chi connectivity index (χ0n) is 13.4. The summed E-state index contributed by atoms with van der Waals surface area (Å²) in [4.78, 5) is 15.4. The van der Waals surface area contributed by atoms with Crippen molar-refractivity contribution in [2.24, 2.45) is 5.92 Å². The Bertz CT molecular complexity index is 663. The molecule has 0 aromatic carbocycles. The Morgan fingerprint density at radius 3 is 3.09 bits per heavy atom. The van der Waals surface area contributed by atoms with Crippen molar-refractivity contribution in [3.63, 3.8) is 0 Å². The molecule has 23 heavy (non-hydrogen) atoms. The lowest BCUT2D eigenvalue weighted by Crippen LogP contribution is -2.41. The molecule has 0 amide bonds. The normalized spacial score (nSPS) is 27.8. The second-order valence-corrected chi connectivity index (χ2v) is 6.59. The average Bonchev–Trinajstić information content (AvgIpc) is 2.99. The minimum atomic E-state index is 0.130. The molecule has 2 saturated heterocycles. The fraction of sp³-hybridized carbons (Fsp3) is 0.500. The number of fused-ring (bicyclic) bond motifs is 1. The van der Waals surface area contributed by atoms with Crippen LogP contribution >= 0.6 is 0 Å². The van der Waals surface area contributed by atoms with E-state index in [1.54, 1.807) is 12.5 Å². The second-order valence-electron chi connectivity index (χ2n) is 6.59. The maximum absolute atomic E-state index is 6.29. The van der Waals surface area contributed by atoms with Crippen LogP contribution in [-0.4, -0.2) is 39.0 Å². The molecule has 2 aliphatic rings. The summed E-state index contributed by atoms with van der Waals surface area (Å²) in [5.41, 5.74) is 3.24. The molecule has 2 aromatic rings. The molecule has 120 valence electrons. The lowest BCUT2D eigenvalue weighted by Gasteiger charge is -2.33. The van der Waals surface area contributed by atoms with E-state index in [2.05, 4.69) is 32.0 Å². The van der Waals surface area contributed by atoms with Crippen LogP contribution in [-0.2, 0) is 11.3 Å². The van der Waals surface area contributed by atoms with Crippen molar-refractivity contribution in [1.29, 1.82) is 0 Å². The molecule has 5 heteroatoms. The number of likely N-dealkylation sites (tertiary alicyclic amines) is 1. The zero-order chi connectivity index (χ0) is 15.6. The minimum absolute atomic E-state index is 0.130. The fourth-order valence-electron chi connectivity index (χ4n) is 3.74. The van der Waals surface area contributed by atoms with Crippen LogP contribution in [0.5, 0.6) is 0 Å². The molecule has 0 saturated carbocycles. The van der Waals surface area contributed by atoms with Crippen molar-refractivity contribution >= 4 is 0 Å². The highest BCUT2D eigenvalue weighted by Gasteiger charge is 2.40. The number of piperidine rings is 1. The standard InChI is InChI=1S/C18H22N4O/c1-13-3-2-4-15(21-13)10-22-8-6-14-9-17(23-18(14)11-22)16-5-7-19-12-20-16/h2-5,7,12,14,17-18H,6,8-11H2,1H3/t14-,17-,18+/m1/s1. The topological polar surface area (TPSA) is 51.1 Å². The van der Waals surface area contributed by atoms with Gasteiger partial charge in [-0.15, -0.1) is 0 Å². The fourth-order valence-corrected chi connectivity index (χ4v) is 3.74. The highest BCUT2D eigenvalue weighted by molar-refractivity contribution is 5.10. The Morgan fingerprint density at radius 1 is 1.30 bits per heavy atom. The van der Waals surface area contributed by atoms with E-state index in [0.717, 1.165) is 43.1 Å². The van der Waals surface area contributed by atoms with E-state index in [4.69, 9.17) is 4.74 Å². The van der Waals surface area contributed by atoms with Crippen LogP contribution in [0.2, 0.25) is 0 Å². The first-order valence-electron chi connectivity index (χ1n) is 8.34. The molecule has 0 bridgehead atoms. The predicted molar refractivity (Wildman–Crippen MR) is 86.6 cm³/mol. The maximum Gasteiger partial charge on any atom is 0.115 e. The van der Waals surface area contributed by atoms with Crippen LogP contribution in [0.15, 0.2) is 36.8 Å². The number of aromatic nitrogens is 3. The molecule has 2 fully saturated rings. The van der Waals surface area contributed by atoms with Crippen LogP contribution in [0.4, 0.5) is 0 Å². The lowest BCUT2D eigenvalue weighted by atomic mass is 9.91. The molecule has 3 atom stereocenters. The Kier molecular flexibility index (Phi) is 4.06. The summed E-state index contributed by atoms with van der Waals surface area (Å²) in [6.45, 7) is 5.06. The van der Waals surface area contributed by atoms with E-state index < -0.39 is 0 Å². The molecular formula is C18H22N4O. The second kappa shape index (κ2) is 6.34. The number of pyridine rings is 1. The first kappa shape index (κ1) is 14.7. The molecule has 0 unspecified atom stereocenters. The molecule has 4 rings (SSSR count). The highest BCUT2D eigenvalue weighted by atomic mass is 16.5. The van der Waals surface area contributed by atoms with Gasteiger partial charge in [0.25, 0.3) is 0 Å². The van der Waals surface area contributed by atoms with Gasteiger partial charge in [0.15, 0.2) is 0 Å². The summed E-state index contributed by atoms with van der Waals surface area (Å²) >= 11 is 0. The monoisotopic (exact) mass is 310 g/mol. The summed E-state index contributed by atoms with van der Waals surface area (Å²) in [7, 11) is 0. The van der Waals surface area contributed by atoms with Crippen molar-refractivity contribution < 1.29 is 4.74 Å². The third-order valence-electron chi connectivity index (χ3n) is 4.90. The number of nitrogens with zero attached hydrogens (tertiary/aromatic N) is 4. The summed E-state index contributed by atoms with van der Waals surface area (Å²) in [6.07, 6.45) is 6.12. The van der Waals surface area contributed by atoms with Gasteiger partial charge in [0.05, 0.1) is 17.5 Å². The highest BCUT2D eigenvalue weighted by Crippen LogP contribution is 2.40. The van der Waals surface area contributed by atoms with Gasteiger partial charge < -0.3 is 4.74 Å². The third kappa shape index (κ3) is 3.26. The first-order valence-corrected chi connectivity index (χ1v) is 8.34. The molecule has 0 spiro atoms. The predicted octanol–water partition coefficient (Wildman–Crippen LogP) is 2.53. The largest absolute Gasteiger partial charge is 0.367 e. The van der Waals surface area contributed by atoms with E-state index >= 15 is 0 Å². The van der Waals surface area contributed by atoms with Crippen molar-refractivity contribution in [1.82, 2.24) is 19.9 Å². The SMILES string of the molecule is Cc1cccc(CN2CC[C@@H]3C[C@H](c4ccncn4)O[C@H]3C2)n1. The van der Waals surface area contributed by atoms with Gasteiger partial charge in [-0.1, -0.05) is 6.07 Å². The number of hydrogen-bond acceptors (Lipinski definition) is 5. The number of hydrogen-bond donors (Lipinski definition) is 0. The van der Waals surface area contributed by atoms with Gasteiger partial charge in [-0.25, -0.2) is 9.97 Å². The molecule has 0 radical (unpaired) electrons. The van der Waals surface area contributed by atoms with Gasteiger partial charge in [0.1, 0.15) is 12.4 Å². The maximum atomic E-state index is 6.29. The van der Waals surface area contributed by atoms with Gasteiger partial charge in [0, 0.05) is 25.0 Å². The van der Waals surface area contributed by atoms with Crippen LogP contribution < -0.4 is 0 Å². The Labute approximate surface area is 136 Å². The Hall–Kier alpha value is -1.85. The minimum Gasteiger partial charge on any atom is -0.367 e. The van der Waals surface area contributed by atoms with Crippen molar-refractivity contribution in [2.75, 3.05) is 13.1 Å². The van der Waals surface area contributed by atoms with E-state index in [-0.39, 0.29) is 6.10 Å². The first-order chi connectivity index (χ1) is 11.3. The van der Waals surface area contributed by atoms with Gasteiger partial charge in [-0.05, 0) is 50.4 Å². The molecule has 0 N–H and O–H groups in total. The van der Waals surface area contributed by atoms with Crippen molar-refractivity contribution in [2.45, 2.75) is 38.5 Å². The zero-order valence-corrected chi connectivity index (χ0v) is 13.4. The lowest BCUT2D eigenvalue weighted by molar-refractivity contribution is -0.0109. The molecule has 4 heterocycles. The van der Waals surface area contributed by atoms with Crippen LogP contribution in [0.3, 0.4) is 0 Å². The van der Waals surface area contributed by atoms with Gasteiger partial charge >= 0.3 is 0 Å². The number of aryl methyl sites for hydroxylation is 1. The van der Waals surface area contributed by atoms with Gasteiger partial charge in [-0.3, -0.25) is 9.88 Å². The van der Waals surface area contributed by atoms with Crippen molar-refractivity contribution in [3.05, 3.63) is 53.9 Å². The quantitative estimate of drug-likeness (QED) is 0.872. The third-order valence-corrected chi connectivity index (χ3v) is 4.90. The van der Waals surface area contributed by atoms with Crippen LogP contribution in [0.1, 0.15) is 36.0 Å². The van der Waals surface area contributed by atoms with E-state index in [9.17, 15) is 0 Å². The molecule has 2 aliphatic heterocycles. The number of ether oxygens (including phenoxy) is 1. The number of rotatable bonds is 3. The molecule has 5 nitrogen and oxygen atoms in total. The summed E-state index contributed by atoms with van der Waals surface area (Å²) in [5, 5.41) is 0. The summed E-state index contributed by atoms with van der Waals surface area (Å²) < 4.78 is 6.29. The Balaban J connectivity index is 1.40. The summed E-state index contributed by atoms with van der Waals surface area (Å²) in [6, 6.07) is 8.21. The van der Waals surface area contributed by atoms with E-state index in [0.29, 0.717) is 12.0 Å². The Morgan fingerprint density at radius 2 is 2.26 bits per heavy atom.